The van der Waals surface area contributed by atoms with Crippen LogP contribution in [0.5, 0.6) is 0 Å². The Morgan fingerprint density at radius 3 is 3.00 bits per heavy atom. The third kappa shape index (κ3) is 3.41. The summed E-state index contributed by atoms with van der Waals surface area (Å²) >= 11 is 0. The van der Waals surface area contributed by atoms with E-state index in [1.165, 1.54) is 12.2 Å². The van der Waals surface area contributed by atoms with Crippen LogP contribution in [-0.2, 0) is 4.84 Å². The Morgan fingerprint density at radius 1 is 1.42 bits per heavy atom. The van der Waals surface area contributed by atoms with Gasteiger partial charge in [-0.3, -0.25) is 14.6 Å². The van der Waals surface area contributed by atoms with Gasteiger partial charge in [-0.25, -0.2) is 5.06 Å². The van der Waals surface area contributed by atoms with Gasteiger partial charge in [0.15, 0.2) is 0 Å². The van der Waals surface area contributed by atoms with Crippen LogP contribution in [0.2, 0.25) is 0 Å². The van der Waals surface area contributed by atoms with E-state index in [9.17, 15) is 4.79 Å². The van der Waals surface area contributed by atoms with Crippen molar-refractivity contribution in [3.8, 4) is 0 Å². The van der Waals surface area contributed by atoms with Gasteiger partial charge in [0.2, 0.25) is 0 Å². The fraction of sp³-hybridized carbons (Fsp3) is 0.294. The summed E-state index contributed by atoms with van der Waals surface area (Å²) in [5, 5.41) is 1.35. The molecule has 0 spiro atoms. The molecular weight excluding hydrogens is 306 g/mol. The number of amides is 1. The van der Waals surface area contributed by atoms with Crippen LogP contribution >= 0.6 is 0 Å². The van der Waals surface area contributed by atoms with Gasteiger partial charge in [0.25, 0.3) is 5.91 Å². The van der Waals surface area contributed by atoms with Crippen LogP contribution in [0.25, 0.3) is 0 Å². The van der Waals surface area contributed by atoms with Crippen LogP contribution < -0.4 is 5.73 Å². The lowest BCUT2D eigenvalue weighted by atomic mass is 10.1. The summed E-state index contributed by atoms with van der Waals surface area (Å²) in [4.78, 5) is 27.2. The second-order valence-electron chi connectivity index (χ2n) is 5.49. The number of benzene rings is 1. The number of aromatic amines is 1. The van der Waals surface area contributed by atoms with Crippen molar-refractivity contribution >= 4 is 17.4 Å². The number of nitrogen functional groups attached to an aromatic ring is 1. The van der Waals surface area contributed by atoms with E-state index in [0.29, 0.717) is 24.5 Å². The number of hydrogen-bond acceptors (Lipinski definition) is 5. The zero-order valence-corrected chi connectivity index (χ0v) is 13.6. The summed E-state index contributed by atoms with van der Waals surface area (Å²) < 4.78 is 0. The van der Waals surface area contributed by atoms with Crippen LogP contribution in [0, 0.1) is 0 Å². The molecule has 0 bridgehead atoms. The smallest absolute Gasteiger partial charge is 0.293 e. The Kier molecular flexibility index (Phi) is 4.81. The maximum Gasteiger partial charge on any atom is 0.293 e. The lowest BCUT2D eigenvalue weighted by Gasteiger charge is -2.25. The van der Waals surface area contributed by atoms with Gasteiger partial charge in [0, 0.05) is 30.5 Å². The second kappa shape index (κ2) is 7.18. The number of H-pyrrole nitrogens is 1. The number of hydrogen-bond donors (Lipinski definition) is 2. The number of carbonyl (C=O) groups is 1. The summed E-state index contributed by atoms with van der Waals surface area (Å²) in [5.74, 6) is 0.717. The molecule has 2 aromatic rings. The predicted octanol–water partition coefficient (Wildman–Crippen LogP) is 1.36. The number of aliphatic imine (C=N–C) groups is 1. The molecule has 7 heteroatoms. The van der Waals surface area contributed by atoms with Gasteiger partial charge in [-0.05, 0) is 24.3 Å². The van der Waals surface area contributed by atoms with E-state index in [0.717, 1.165) is 24.5 Å². The fourth-order valence-electron chi connectivity index (χ4n) is 2.74. The summed E-state index contributed by atoms with van der Waals surface area (Å²) in [6, 6.07) is 11.2. The highest BCUT2D eigenvalue weighted by molar-refractivity contribution is 6.00. The molecule has 0 fully saturated rings. The molecule has 0 unspecified atom stereocenters. The van der Waals surface area contributed by atoms with Crippen molar-refractivity contribution < 1.29 is 9.63 Å². The maximum atomic E-state index is 12.3. The molecule has 0 aliphatic carbocycles. The second-order valence-corrected chi connectivity index (χ2v) is 5.49. The summed E-state index contributed by atoms with van der Waals surface area (Å²) in [7, 11) is 1.50. The topological polar surface area (TPSA) is 86.9 Å². The normalized spacial score (nSPS) is 13.9. The summed E-state index contributed by atoms with van der Waals surface area (Å²) in [6.45, 7) is 2.63. The average molecular weight is 327 g/mol. The van der Waals surface area contributed by atoms with Crippen LogP contribution in [0.1, 0.15) is 16.1 Å². The largest absolute Gasteiger partial charge is 0.399 e. The molecule has 3 rings (SSSR count). The first-order valence-electron chi connectivity index (χ1n) is 7.83. The number of nitrogens with one attached hydrogen (secondary N) is 1. The van der Waals surface area contributed by atoms with Crippen molar-refractivity contribution in [3.63, 3.8) is 0 Å². The minimum atomic E-state index is -0.191. The molecule has 7 nitrogen and oxygen atoms in total. The molecule has 0 saturated heterocycles. The molecule has 3 N–H and O–H groups in total. The quantitative estimate of drug-likeness (QED) is 0.619. The molecule has 1 aliphatic heterocycles. The Hall–Kier alpha value is -2.80. The highest BCUT2D eigenvalue weighted by Crippen LogP contribution is 2.14. The van der Waals surface area contributed by atoms with Gasteiger partial charge in [-0.2, -0.15) is 0 Å². The number of aromatic nitrogens is 1. The molecule has 0 radical (unpaired) electrons. The van der Waals surface area contributed by atoms with Crippen LogP contribution in [-0.4, -0.2) is 60.0 Å². The third-order valence-electron chi connectivity index (χ3n) is 3.92. The first kappa shape index (κ1) is 16.1. The van der Waals surface area contributed by atoms with Crippen molar-refractivity contribution in [2.45, 2.75) is 0 Å². The molecule has 1 aliphatic rings. The highest BCUT2D eigenvalue weighted by atomic mass is 16.7. The highest BCUT2D eigenvalue weighted by Gasteiger charge is 2.22. The fourth-order valence-corrected chi connectivity index (χ4v) is 2.74. The van der Waals surface area contributed by atoms with Crippen molar-refractivity contribution in [2.24, 2.45) is 4.99 Å². The summed E-state index contributed by atoms with van der Waals surface area (Å²) in [5.41, 5.74) is 8.07. The standard InChI is InChI=1S/C17H21N5O2/c1-24-22(17(23)15-6-3-7-19-15)11-10-21-9-8-20-16(21)13-4-2-5-14(18)12-13/h2-7,12,19H,8-11,18H2,1H3. The molecular formula is C17H21N5O2. The van der Waals surface area contributed by atoms with Crippen LogP contribution in [0.15, 0.2) is 47.6 Å². The van der Waals surface area contributed by atoms with Crippen LogP contribution in [0.3, 0.4) is 0 Å². The van der Waals surface area contributed by atoms with E-state index in [-0.39, 0.29) is 5.91 Å². The van der Waals surface area contributed by atoms with Crippen molar-refractivity contribution in [3.05, 3.63) is 53.9 Å². The van der Waals surface area contributed by atoms with E-state index in [1.807, 2.05) is 24.3 Å². The first-order valence-corrected chi connectivity index (χ1v) is 7.83. The Morgan fingerprint density at radius 2 is 2.29 bits per heavy atom. The average Bonchev–Trinajstić information content (AvgIpc) is 3.27. The first-order chi connectivity index (χ1) is 11.7. The molecule has 24 heavy (non-hydrogen) atoms. The molecule has 0 saturated carbocycles. The molecule has 2 heterocycles. The number of hydroxylamine groups is 2. The molecule has 1 aromatic heterocycles. The van der Waals surface area contributed by atoms with Gasteiger partial charge in [-0.15, -0.1) is 0 Å². The Balaban J connectivity index is 1.65. The number of nitrogens with zero attached hydrogens (tertiary/aromatic N) is 3. The van der Waals surface area contributed by atoms with E-state index in [2.05, 4.69) is 14.9 Å². The Labute approximate surface area is 140 Å². The van der Waals surface area contributed by atoms with Gasteiger partial charge >= 0.3 is 0 Å². The number of amidine groups is 1. The van der Waals surface area contributed by atoms with E-state index in [1.54, 1.807) is 18.3 Å². The van der Waals surface area contributed by atoms with Crippen molar-refractivity contribution in [1.29, 1.82) is 0 Å². The molecule has 1 aromatic carbocycles. The van der Waals surface area contributed by atoms with Crippen LogP contribution in [0.4, 0.5) is 5.69 Å². The van der Waals surface area contributed by atoms with E-state index >= 15 is 0 Å². The molecule has 0 atom stereocenters. The number of anilines is 1. The SMILES string of the molecule is CON(CCN1CCN=C1c1cccc(N)c1)C(=O)c1ccc[nH]1. The zero-order chi connectivity index (χ0) is 16.9. The maximum absolute atomic E-state index is 12.3. The number of rotatable bonds is 6. The van der Waals surface area contributed by atoms with Gasteiger partial charge in [0.1, 0.15) is 11.5 Å². The molecule has 126 valence electrons. The number of carbonyl (C=O) groups excluding carboxylic acids is 1. The van der Waals surface area contributed by atoms with Gasteiger partial charge < -0.3 is 15.6 Å². The third-order valence-corrected chi connectivity index (χ3v) is 3.92. The van der Waals surface area contributed by atoms with E-state index < -0.39 is 0 Å². The van der Waals surface area contributed by atoms with Crippen molar-refractivity contribution in [1.82, 2.24) is 14.9 Å². The lowest BCUT2D eigenvalue weighted by molar-refractivity contribution is -0.0963. The lowest BCUT2D eigenvalue weighted by Crippen LogP contribution is -2.39. The minimum absolute atomic E-state index is 0.191. The Bertz CT molecular complexity index is 726. The zero-order valence-electron chi connectivity index (χ0n) is 13.6. The minimum Gasteiger partial charge on any atom is -0.399 e. The predicted molar refractivity (Wildman–Crippen MR) is 92.7 cm³/mol. The monoisotopic (exact) mass is 327 g/mol. The van der Waals surface area contributed by atoms with Gasteiger partial charge in [0.05, 0.1) is 20.2 Å². The summed E-state index contributed by atoms with van der Waals surface area (Å²) in [6.07, 6.45) is 1.71. The molecule has 1 amide bonds. The van der Waals surface area contributed by atoms with Gasteiger partial charge in [-0.1, -0.05) is 12.1 Å². The number of nitrogens with two attached hydrogens (primary N) is 1. The van der Waals surface area contributed by atoms with E-state index in [4.69, 9.17) is 10.6 Å². The van der Waals surface area contributed by atoms with Crippen molar-refractivity contribution in [2.75, 3.05) is 39.0 Å².